The van der Waals surface area contributed by atoms with E-state index in [1.54, 1.807) is 6.08 Å². The Labute approximate surface area is 170 Å². The fraction of sp³-hybridized carbons (Fsp3) is 0.909. The lowest BCUT2D eigenvalue weighted by molar-refractivity contribution is -0.385. The molecule has 0 spiro atoms. The molecule has 0 aromatic carbocycles. The highest BCUT2D eigenvalue weighted by Crippen LogP contribution is 2.34. The Morgan fingerprint density at radius 1 is 1.07 bits per heavy atom. The molecule has 28 heavy (non-hydrogen) atoms. The summed E-state index contributed by atoms with van der Waals surface area (Å²) in [6.07, 6.45) is 8.68. The number of ether oxygens (including phenoxy) is 5. The zero-order valence-corrected chi connectivity index (χ0v) is 17.9. The van der Waals surface area contributed by atoms with Crippen LogP contribution in [0.3, 0.4) is 0 Å². The van der Waals surface area contributed by atoms with E-state index >= 15 is 0 Å². The van der Waals surface area contributed by atoms with Crippen molar-refractivity contribution in [2.75, 3.05) is 19.8 Å². The van der Waals surface area contributed by atoms with Crippen molar-refractivity contribution in [3.63, 3.8) is 0 Å². The van der Waals surface area contributed by atoms with E-state index in [1.165, 1.54) is 38.5 Å². The molecule has 2 saturated heterocycles. The van der Waals surface area contributed by atoms with Crippen molar-refractivity contribution in [1.29, 1.82) is 0 Å². The second kappa shape index (κ2) is 12.3. The van der Waals surface area contributed by atoms with Crippen LogP contribution < -0.4 is 0 Å². The zero-order chi connectivity index (χ0) is 20.4. The minimum Gasteiger partial charge on any atom is -0.385 e. The molecule has 5 atom stereocenters. The maximum atomic E-state index is 10.8. The molecule has 0 bridgehead atoms. The average molecular weight is 401 g/mol. The summed E-state index contributed by atoms with van der Waals surface area (Å²) >= 11 is 0. The molecule has 2 aliphatic heterocycles. The number of hydrogen-bond donors (Lipinski definition) is 1. The van der Waals surface area contributed by atoms with Crippen molar-refractivity contribution in [2.24, 2.45) is 0 Å². The first kappa shape index (κ1) is 23.8. The van der Waals surface area contributed by atoms with Gasteiger partial charge in [-0.1, -0.05) is 57.9 Å². The van der Waals surface area contributed by atoms with E-state index in [9.17, 15) is 5.11 Å². The highest BCUT2D eigenvalue weighted by Gasteiger charge is 2.51. The first-order valence-corrected chi connectivity index (χ1v) is 11.0. The van der Waals surface area contributed by atoms with E-state index in [-0.39, 0.29) is 12.2 Å². The Kier molecular flexibility index (Phi) is 10.4. The van der Waals surface area contributed by atoms with Crippen molar-refractivity contribution < 1.29 is 28.8 Å². The van der Waals surface area contributed by atoms with Crippen LogP contribution in [0.1, 0.15) is 72.1 Å². The van der Waals surface area contributed by atoms with Gasteiger partial charge in [-0.05, 0) is 20.3 Å². The fourth-order valence-electron chi connectivity index (χ4n) is 3.76. The Morgan fingerprint density at radius 2 is 1.75 bits per heavy atom. The Balaban J connectivity index is 1.80. The first-order valence-electron chi connectivity index (χ1n) is 11.0. The first-order chi connectivity index (χ1) is 13.5. The minimum absolute atomic E-state index is 0.303. The summed E-state index contributed by atoms with van der Waals surface area (Å²) < 4.78 is 29.3. The molecular weight excluding hydrogens is 360 g/mol. The monoisotopic (exact) mass is 400 g/mol. The summed E-state index contributed by atoms with van der Waals surface area (Å²) in [7, 11) is 0. The highest BCUT2D eigenvalue weighted by atomic mass is 16.8. The van der Waals surface area contributed by atoms with Gasteiger partial charge in [0.05, 0.1) is 13.2 Å². The highest BCUT2D eigenvalue weighted by molar-refractivity contribution is 4.94. The van der Waals surface area contributed by atoms with Gasteiger partial charge in [0.25, 0.3) is 0 Å². The smallest absolute Gasteiger partial charge is 0.187 e. The number of rotatable bonds is 13. The molecule has 2 rings (SSSR count). The second-order valence-electron chi connectivity index (χ2n) is 8.26. The number of unbranched alkanes of at least 4 members (excludes halogenated alkanes) is 7. The predicted molar refractivity (Wildman–Crippen MR) is 108 cm³/mol. The van der Waals surface area contributed by atoms with Crippen LogP contribution in [0.4, 0.5) is 0 Å². The van der Waals surface area contributed by atoms with Crippen LogP contribution in [0, 0.1) is 0 Å². The SMILES string of the molecule is C=CCOC1O[C@@H]2COC(C)(C)O[C@H]2[C@H](OCCCCCCCCCC)[C@H]1O. The standard InChI is InChI=1S/C22H40O6/c1-5-7-8-9-10-11-12-13-15-24-20-18(23)21(25-14-6-2)27-17-16-26-22(3,4)28-19(17)20/h6,17-21,23H,2,5,7-16H2,1,3-4H3/t17-,18-,19-,20-,21?/m1/s1. The Bertz CT molecular complexity index is 441. The maximum Gasteiger partial charge on any atom is 0.187 e. The molecule has 1 N–H and O–H groups in total. The molecule has 0 aliphatic carbocycles. The van der Waals surface area contributed by atoms with E-state index in [0.717, 1.165) is 12.8 Å². The van der Waals surface area contributed by atoms with E-state index in [0.29, 0.717) is 19.8 Å². The lowest BCUT2D eigenvalue weighted by Crippen LogP contribution is -2.65. The second-order valence-corrected chi connectivity index (χ2v) is 8.26. The third-order valence-electron chi connectivity index (χ3n) is 5.32. The van der Waals surface area contributed by atoms with Crippen LogP contribution in [0.5, 0.6) is 0 Å². The van der Waals surface area contributed by atoms with Gasteiger partial charge in [0.1, 0.15) is 24.4 Å². The van der Waals surface area contributed by atoms with Gasteiger partial charge < -0.3 is 28.8 Å². The summed E-state index contributed by atoms with van der Waals surface area (Å²) in [5.41, 5.74) is 0. The Morgan fingerprint density at radius 3 is 2.43 bits per heavy atom. The molecule has 164 valence electrons. The quantitative estimate of drug-likeness (QED) is 0.373. The molecule has 2 aliphatic rings. The van der Waals surface area contributed by atoms with Crippen LogP contribution >= 0.6 is 0 Å². The van der Waals surface area contributed by atoms with Crippen LogP contribution in [-0.4, -0.2) is 61.4 Å². The number of fused-ring (bicyclic) bond motifs is 1. The number of aliphatic hydroxyl groups is 1. The predicted octanol–water partition coefficient (Wildman–Crippen LogP) is 3.95. The van der Waals surface area contributed by atoms with Gasteiger partial charge in [-0.15, -0.1) is 6.58 Å². The lowest BCUT2D eigenvalue weighted by Gasteiger charge is -2.49. The van der Waals surface area contributed by atoms with Gasteiger partial charge in [-0.2, -0.15) is 0 Å². The molecule has 0 radical (unpaired) electrons. The summed E-state index contributed by atoms with van der Waals surface area (Å²) in [5, 5.41) is 10.8. The molecule has 2 heterocycles. The van der Waals surface area contributed by atoms with Crippen LogP contribution in [0.2, 0.25) is 0 Å². The van der Waals surface area contributed by atoms with Crippen LogP contribution in [-0.2, 0) is 23.7 Å². The van der Waals surface area contributed by atoms with Crippen molar-refractivity contribution in [3.8, 4) is 0 Å². The third-order valence-corrected chi connectivity index (χ3v) is 5.32. The Hall–Kier alpha value is -0.500. The molecular formula is C22H40O6. The van der Waals surface area contributed by atoms with Crippen molar-refractivity contribution in [2.45, 2.75) is 109 Å². The molecule has 6 nitrogen and oxygen atoms in total. The van der Waals surface area contributed by atoms with Crippen molar-refractivity contribution in [1.82, 2.24) is 0 Å². The molecule has 0 amide bonds. The number of hydrogen-bond acceptors (Lipinski definition) is 6. The maximum absolute atomic E-state index is 10.8. The minimum atomic E-state index is -0.913. The van der Waals surface area contributed by atoms with E-state index < -0.39 is 24.3 Å². The van der Waals surface area contributed by atoms with Gasteiger partial charge in [0.15, 0.2) is 12.1 Å². The molecule has 0 saturated carbocycles. The molecule has 6 heteroatoms. The fourth-order valence-corrected chi connectivity index (χ4v) is 3.76. The molecule has 0 aromatic rings. The van der Waals surface area contributed by atoms with Crippen LogP contribution in [0.25, 0.3) is 0 Å². The van der Waals surface area contributed by atoms with Crippen molar-refractivity contribution in [3.05, 3.63) is 12.7 Å². The average Bonchev–Trinajstić information content (AvgIpc) is 2.66. The molecule has 1 unspecified atom stereocenters. The van der Waals surface area contributed by atoms with E-state index in [1.807, 2.05) is 13.8 Å². The van der Waals surface area contributed by atoms with Gasteiger partial charge in [0.2, 0.25) is 0 Å². The van der Waals surface area contributed by atoms with Gasteiger partial charge >= 0.3 is 0 Å². The van der Waals surface area contributed by atoms with Gasteiger partial charge in [-0.3, -0.25) is 0 Å². The third kappa shape index (κ3) is 7.39. The van der Waals surface area contributed by atoms with Crippen LogP contribution in [0.15, 0.2) is 12.7 Å². The molecule has 2 fully saturated rings. The number of aliphatic hydroxyl groups excluding tert-OH is 1. The molecule has 0 aromatic heterocycles. The van der Waals surface area contributed by atoms with Crippen molar-refractivity contribution >= 4 is 0 Å². The largest absolute Gasteiger partial charge is 0.385 e. The topological polar surface area (TPSA) is 66.4 Å². The van der Waals surface area contributed by atoms with E-state index in [4.69, 9.17) is 23.7 Å². The summed E-state index contributed by atoms with van der Waals surface area (Å²) in [4.78, 5) is 0. The summed E-state index contributed by atoms with van der Waals surface area (Å²) in [6, 6.07) is 0. The summed E-state index contributed by atoms with van der Waals surface area (Å²) in [5.74, 6) is -0.723. The van der Waals surface area contributed by atoms with Gasteiger partial charge in [-0.25, -0.2) is 0 Å². The normalized spacial score (nSPS) is 32.1. The van der Waals surface area contributed by atoms with E-state index in [2.05, 4.69) is 13.5 Å². The van der Waals surface area contributed by atoms with Gasteiger partial charge in [0, 0.05) is 6.61 Å². The lowest BCUT2D eigenvalue weighted by atomic mass is 9.97. The summed E-state index contributed by atoms with van der Waals surface area (Å²) in [6.45, 7) is 10.9. The zero-order valence-electron chi connectivity index (χ0n) is 17.9.